The summed E-state index contributed by atoms with van der Waals surface area (Å²) in [6.45, 7) is 4.63. The summed E-state index contributed by atoms with van der Waals surface area (Å²) in [7, 11) is 0. The van der Waals surface area contributed by atoms with E-state index in [0.717, 1.165) is 20.1 Å². The Morgan fingerprint density at radius 1 is 0.974 bits per heavy atom. The van der Waals surface area contributed by atoms with Crippen LogP contribution in [0.25, 0.3) is 6.08 Å². The molecule has 3 aromatic rings. The predicted molar refractivity (Wildman–Crippen MR) is 159 cm³/mol. The molecule has 0 aliphatic carbocycles. The topological polar surface area (TPSA) is 77.4 Å². The molecule has 6 nitrogen and oxygen atoms in total. The van der Waals surface area contributed by atoms with Gasteiger partial charge in [0.15, 0.2) is 11.5 Å². The van der Waals surface area contributed by atoms with Crippen LogP contribution < -0.4 is 9.47 Å². The van der Waals surface area contributed by atoms with Gasteiger partial charge in [0.1, 0.15) is 23.0 Å². The number of esters is 1. The van der Waals surface area contributed by atoms with Crippen LogP contribution in [0, 0.1) is 0 Å². The number of halogens is 2. The van der Waals surface area contributed by atoms with Gasteiger partial charge in [0.2, 0.25) is 0 Å². The molecule has 0 aromatic heterocycles. The molecule has 1 N–H and O–H groups in total. The van der Waals surface area contributed by atoms with Crippen LogP contribution >= 0.6 is 43.6 Å². The van der Waals surface area contributed by atoms with Crippen LogP contribution in [0.5, 0.6) is 11.5 Å². The molecule has 0 spiro atoms. The summed E-state index contributed by atoms with van der Waals surface area (Å²) in [4.78, 5) is 17.8. The van der Waals surface area contributed by atoms with Crippen LogP contribution in [-0.4, -0.2) is 29.3 Å². The SMILES string of the molecule is CCOC(=O)C1=C(O)/C(=C/c2cc(OCC)c(OCc3ccc(Br)cc3)cc2Br)SC1=Nc1ccccc1. The highest BCUT2D eigenvalue weighted by atomic mass is 79.9. The first-order chi connectivity index (χ1) is 18.4. The molecule has 196 valence electrons. The van der Waals surface area contributed by atoms with Crippen LogP contribution in [0.3, 0.4) is 0 Å². The quantitative estimate of drug-likeness (QED) is 0.233. The van der Waals surface area contributed by atoms with Crippen molar-refractivity contribution in [1.29, 1.82) is 0 Å². The second-order valence-electron chi connectivity index (χ2n) is 7.98. The Hall–Kier alpha value is -3.01. The second kappa shape index (κ2) is 13.2. The summed E-state index contributed by atoms with van der Waals surface area (Å²) in [6.07, 6.45) is 1.78. The lowest BCUT2D eigenvalue weighted by molar-refractivity contribution is -0.138. The molecule has 0 fully saturated rings. The molecule has 0 saturated carbocycles. The van der Waals surface area contributed by atoms with E-state index >= 15 is 0 Å². The number of carbonyl (C=O) groups is 1. The third-order valence-electron chi connectivity index (χ3n) is 5.31. The van der Waals surface area contributed by atoms with E-state index in [4.69, 9.17) is 14.2 Å². The van der Waals surface area contributed by atoms with Crippen molar-refractivity contribution in [3.05, 3.63) is 103 Å². The van der Waals surface area contributed by atoms with E-state index in [9.17, 15) is 9.90 Å². The van der Waals surface area contributed by atoms with E-state index in [1.807, 2.05) is 73.7 Å². The number of hydrogen-bond acceptors (Lipinski definition) is 7. The number of ether oxygens (including phenoxy) is 3. The van der Waals surface area contributed by atoms with Crippen molar-refractivity contribution in [2.24, 2.45) is 4.99 Å². The highest BCUT2D eigenvalue weighted by Crippen LogP contribution is 2.42. The van der Waals surface area contributed by atoms with E-state index < -0.39 is 5.97 Å². The minimum atomic E-state index is -0.624. The highest BCUT2D eigenvalue weighted by molar-refractivity contribution is 9.10. The summed E-state index contributed by atoms with van der Waals surface area (Å²) >= 11 is 8.26. The number of hydrogen-bond donors (Lipinski definition) is 1. The van der Waals surface area contributed by atoms with E-state index in [1.54, 1.807) is 13.0 Å². The molecule has 0 unspecified atom stereocenters. The Bertz CT molecular complexity index is 1400. The van der Waals surface area contributed by atoms with Gasteiger partial charge in [-0.2, -0.15) is 0 Å². The fourth-order valence-corrected chi connectivity index (χ4v) is 5.26. The smallest absolute Gasteiger partial charge is 0.344 e. The molecular formula is C29H25Br2NO5S. The van der Waals surface area contributed by atoms with Gasteiger partial charge in [-0.15, -0.1) is 0 Å². The standard InChI is InChI=1S/C29H25Br2NO5S/c1-3-35-23-14-19(22(31)16-24(23)37-17-18-10-12-20(30)13-11-18)15-25-27(33)26(29(34)36-4-2)28(38-25)32-21-8-6-5-7-9-21/h5-16,33H,3-4,17H2,1-2H3/b25-15-,32-28?. The van der Waals surface area contributed by atoms with E-state index in [0.29, 0.717) is 40.3 Å². The van der Waals surface area contributed by atoms with Crippen molar-refractivity contribution in [3.63, 3.8) is 0 Å². The Labute approximate surface area is 242 Å². The molecule has 38 heavy (non-hydrogen) atoms. The lowest BCUT2D eigenvalue weighted by Gasteiger charge is -2.14. The average Bonchev–Trinajstić information content (AvgIpc) is 3.21. The fraction of sp³-hybridized carbons (Fsp3) is 0.172. The molecule has 4 rings (SSSR count). The maximum Gasteiger partial charge on any atom is 0.344 e. The fourth-order valence-electron chi connectivity index (χ4n) is 3.54. The zero-order chi connectivity index (χ0) is 27.1. The summed E-state index contributed by atoms with van der Waals surface area (Å²) in [5.74, 6) is 0.348. The number of aliphatic hydroxyl groups excluding tert-OH is 1. The molecule has 0 saturated heterocycles. The Morgan fingerprint density at radius 3 is 2.37 bits per heavy atom. The van der Waals surface area contributed by atoms with Gasteiger partial charge in [0.05, 0.1) is 23.8 Å². The highest BCUT2D eigenvalue weighted by Gasteiger charge is 2.33. The summed E-state index contributed by atoms with van der Waals surface area (Å²) in [5.41, 5.74) is 2.47. The van der Waals surface area contributed by atoms with Crippen LogP contribution in [0.4, 0.5) is 5.69 Å². The van der Waals surface area contributed by atoms with Gasteiger partial charge in [-0.3, -0.25) is 0 Å². The largest absolute Gasteiger partial charge is 0.506 e. The summed E-state index contributed by atoms with van der Waals surface area (Å²) in [6, 6.07) is 20.8. The number of nitrogens with zero attached hydrogens (tertiary/aromatic N) is 1. The van der Waals surface area contributed by atoms with Gasteiger partial charge in [0, 0.05) is 8.95 Å². The third-order valence-corrected chi connectivity index (χ3v) is 7.55. The molecule has 0 bridgehead atoms. The first kappa shape index (κ1) is 28.0. The van der Waals surface area contributed by atoms with Crippen LogP contribution in [0.15, 0.2) is 96.9 Å². The van der Waals surface area contributed by atoms with E-state index in [2.05, 4.69) is 36.9 Å². The number of carbonyl (C=O) groups excluding carboxylic acids is 1. The predicted octanol–water partition coefficient (Wildman–Crippen LogP) is 8.38. The number of rotatable bonds is 9. The van der Waals surface area contributed by atoms with Crippen molar-refractivity contribution >= 4 is 66.4 Å². The van der Waals surface area contributed by atoms with Gasteiger partial charge in [0.25, 0.3) is 0 Å². The normalized spacial score (nSPS) is 15.3. The molecule has 0 atom stereocenters. The second-order valence-corrected chi connectivity index (χ2v) is 10.8. The molecule has 1 aliphatic heterocycles. The van der Waals surface area contributed by atoms with Crippen molar-refractivity contribution in [3.8, 4) is 11.5 Å². The number of aliphatic hydroxyl groups is 1. The lowest BCUT2D eigenvalue weighted by atomic mass is 10.1. The summed E-state index contributed by atoms with van der Waals surface area (Å²) < 4.78 is 18.9. The van der Waals surface area contributed by atoms with Crippen molar-refractivity contribution in [2.45, 2.75) is 20.5 Å². The van der Waals surface area contributed by atoms with Gasteiger partial charge in [-0.05, 0) is 67.4 Å². The molecule has 1 aliphatic rings. The zero-order valence-corrected chi connectivity index (χ0v) is 24.7. The number of aliphatic imine (C=N–C) groups is 1. The molecule has 3 aromatic carbocycles. The molecule has 9 heteroatoms. The van der Waals surface area contributed by atoms with Crippen LogP contribution in [-0.2, 0) is 16.1 Å². The molecule has 0 radical (unpaired) electrons. The van der Waals surface area contributed by atoms with Gasteiger partial charge >= 0.3 is 5.97 Å². The molecular weight excluding hydrogens is 634 g/mol. The van der Waals surface area contributed by atoms with Crippen molar-refractivity contribution in [1.82, 2.24) is 0 Å². The van der Waals surface area contributed by atoms with Crippen molar-refractivity contribution in [2.75, 3.05) is 13.2 Å². The number of benzene rings is 3. The Kier molecular flexibility index (Phi) is 9.71. The minimum Gasteiger partial charge on any atom is -0.506 e. The van der Waals surface area contributed by atoms with Crippen LogP contribution in [0.1, 0.15) is 25.0 Å². The monoisotopic (exact) mass is 657 g/mol. The molecule has 1 heterocycles. The summed E-state index contributed by atoms with van der Waals surface area (Å²) in [5, 5.41) is 11.4. The maximum absolute atomic E-state index is 12.7. The Balaban J connectivity index is 1.67. The first-order valence-electron chi connectivity index (χ1n) is 11.9. The van der Waals surface area contributed by atoms with Crippen LogP contribution in [0.2, 0.25) is 0 Å². The van der Waals surface area contributed by atoms with Gasteiger partial charge in [-0.25, -0.2) is 9.79 Å². The lowest BCUT2D eigenvalue weighted by Crippen LogP contribution is -2.12. The first-order valence-corrected chi connectivity index (χ1v) is 14.3. The number of para-hydroxylation sites is 1. The van der Waals surface area contributed by atoms with Gasteiger partial charge < -0.3 is 19.3 Å². The van der Waals surface area contributed by atoms with E-state index in [1.165, 1.54) is 11.8 Å². The molecule has 0 amide bonds. The average molecular weight is 659 g/mol. The number of thioether (sulfide) groups is 1. The zero-order valence-electron chi connectivity index (χ0n) is 20.7. The van der Waals surface area contributed by atoms with Crippen molar-refractivity contribution < 1.29 is 24.1 Å². The third kappa shape index (κ3) is 6.89. The van der Waals surface area contributed by atoms with E-state index in [-0.39, 0.29) is 17.9 Å². The minimum absolute atomic E-state index is 0.0440. The Morgan fingerprint density at radius 2 is 1.68 bits per heavy atom. The maximum atomic E-state index is 12.7. The van der Waals surface area contributed by atoms with Gasteiger partial charge in [-0.1, -0.05) is 74.0 Å².